The number of fused-ring (bicyclic) bond motifs is 1. The standard InChI is InChI=1S/C24H27N3O4S/c1-26(2)22(23-8-5-15-31-23)16-25-24(28)19-9-11-21(12-10-19)32(29,30)27-14-13-18-6-3-4-7-20(18)17-27/h3-12,15,22H,13-14,16-17H2,1-2H3,(H,25,28). The predicted octanol–water partition coefficient (Wildman–Crippen LogP) is 3.06. The summed E-state index contributed by atoms with van der Waals surface area (Å²) in [4.78, 5) is 14.8. The third kappa shape index (κ3) is 4.62. The van der Waals surface area contributed by atoms with Crippen LogP contribution >= 0.6 is 0 Å². The summed E-state index contributed by atoms with van der Waals surface area (Å²) in [5.41, 5.74) is 2.63. The molecular formula is C24H27N3O4S. The summed E-state index contributed by atoms with van der Waals surface area (Å²) >= 11 is 0. The van der Waals surface area contributed by atoms with E-state index in [2.05, 4.69) is 5.32 Å². The maximum Gasteiger partial charge on any atom is 0.251 e. The van der Waals surface area contributed by atoms with E-state index >= 15 is 0 Å². The number of carbonyl (C=O) groups excluding carboxylic acids is 1. The van der Waals surface area contributed by atoms with Crippen molar-refractivity contribution in [2.24, 2.45) is 0 Å². The molecule has 1 aromatic heterocycles. The van der Waals surface area contributed by atoms with E-state index < -0.39 is 10.0 Å². The predicted molar refractivity (Wildman–Crippen MR) is 122 cm³/mol. The highest BCUT2D eigenvalue weighted by Crippen LogP contribution is 2.25. The minimum absolute atomic E-state index is 0.101. The second-order valence-corrected chi connectivity index (χ2v) is 10.0. The van der Waals surface area contributed by atoms with E-state index in [0.717, 1.165) is 11.3 Å². The van der Waals surface area contributed by atoms with Crippen LogP contribution in [0.25, 0.3) is 0 Å². The lowest BCUT2D eigenvalue weighted by Crippen LogP contribution is -2.36. The molecule has 0 radical (unpaired) electrons. The van der Waals surface area contributed by atoms with Gasteiger partial charge >= 0.3 is 0 Å². The minimum Gasteiger partial charge on any atom is -0.468 e. The molecule has 0 saturated heterocycles. The van der Waals surface area contributed by atoms with Gasteiger partial charge in [-0.05, 0) is 68.0 Å². The summed E-state index contributed by atoms with van der Waals surface area (Å²) in [6.07, 6.45) is 2.30. The van der Waals surface area contributed by atoms with Gasteiger partial charge in [-0.25, -0.2) is 8.42 Å². The number of likely N-dealkylation sites (N-methyl/N-ethyl adjacent to an activating group) is 1. The van der Waals surface area contributed by atoms with Gasteiger partial charge in [-0.15, -0.1) is 0 Å². The van der Waals surface area contributed by atoms with Crippen molar-refractivity contribution in [2.45, 2.75) is 23.9 Å². The number of benzene rings is 2. The van der Waals surface area contributed by atoms with Crippen molar-refractivity contribution in [1.29, 1.82) is 0 Å². The summed E-state index contributed by atoms with van der Waals surface area (Å²) in [6, 6.07) is 17.6. The van der Waals surface area contributed by atoms with Gasteiger partial charge in [0.2, 0.25) is 10.0 Å². The van der Waals surface area contributed by atoms with Gasteiger partial charge in [0.1, 0.15) is 5.76 Å². The summed E-state index contributed by atoms with van der Waals surface area (Å²) < 4.78 is 33.2. The van der Waals surface area contributed by atoms with Gasteiger partial charge in [-0.2, -0.15) is 4.31 Å². The zero-order valence-electron chi connectivity index (χ0n) is 18.2. The SMILES string of the molecule is CN(C)C(CNC(=O)c1ccc(S(=O)(=O)N2CCc3ccccc3C2)cc1)c1ccco1. The Morgan fingerprint density at radius 3 is 2.44 bits per heavy atom. The molecule has 1 N–H and O–H groups in total. The largest absolute Gasteiger partial charge is 0.468 e. The molecule has 8 heteroatoms. The first-order valence-electron chi connectivity index (χ1n) is 10.5. The Bertz CT molecular complexity index is 1170. The van der Waals surface area contributed by atoms with Crippen LogP contribution in [0.1, 0.15) is 33.3 Å². The van der Waals surface area contributed by atoms with E-state index in [1.165, 1.54) is 22.0 Å². The first kappa shape index (κ1) is 22.3. The molecule has 0 saturated carbocycles. The average Bonchev–Trinajstić information content (AvgIpc) is 3.33. The third-order valence-corrected chi connectivity index (χ3v) is 7.66. The van der Waals surface area contributed by atoms with Crippen molar-refractivity contribution < 1.29 is 17.6 Å². The lowest BCUT2D eigenvalue weighted by molar-refractivity contribution is 0.0939. The third-order valence-electron chi connectivity index (χ3n) is 5.80. The Hall–Kier alpha value is -2.94. The van der Waals surface area contributed by atoms with Crippen LogP contribution < -0.4 is 5.32 Å². The average molecular weight is 454 g/mol. The highest BCUT2D eigenvalue weighted by molar-refractivity contribution is 7.89. The molecular weight excluding hydrogens is 426 g/mol. The molecule has 2 aromatic carbocycles. The molecule has 7 nitrogen and oxygen atoms in total. The molecule has 0 spiro atoms. The molecule has 0 fully saturated rings. The van der Waals surface area contributed by atoms with Crippen LogP contribution in [0.4, 0.5) is 0 Å². The van der Waals surface area contributed by atoms with Gasteiger partial charge in [0.05, 0.1) is 17.2 Å². The highest BCUT2D eigenvalue weighted by Gasteiger charge is 2.28. The number of hydrogen-bond acceptors (Lipinski definition) is 5. The molecule has 168 valence electrons. The number of amides is 1. The number of hydrogen-bond donors (Lipinski definition) is 1. The molecule has 0 bridgehead atoms. The van der Waals surface area contributed by atoms with Gasteiger partial charge in [-0.1, -0.05) is 24.3 Å². The number of nitrogens with one attached hydrogen (secondary N) is 1. The van der Waals surface area contributed by atoms with Gasteiger partial charge < -0.3 is 9.73 Å². The maximum absolute atomic E-state index is 13.1. The van der Waals surface area contributed by atoms with Crippen LogP contribution in [-0.4, -0.2) is 50.7 Å². The van der Waals surface area contributed by atoms with Crippen molar-refractivity contribution in [3.63, 3.8) is 0 Å². The molecule has 1 atom stereocenters. The number of furan rings is 1. The number of sulfonamides is 1. The van der Waals surface area contributed by atoms with E-state index in [0.29, 0.717) is 31.6 Å². The van der Waals surface area contributed by atoms with Crippen molar-refractivity contribution in [2.75, 3.05) is 27.2 Å². The first-order valence-corrected chi connectivity index (χ1v) is 12.0. The van der Waals surface area contributed by atoms with Crippen LogP contribution in [0.15, 0.2) is 76.2 Å². The fraction of sp³-hybridized carbons (Fsp3) is 0.292. The minimum atomic E-state index is -3.63. The van der Waals surface area contributed by atoms with Crippen molar-refractivity contribution in [3.05, 3.63) is 89.4 Å². The smallest absolute Gasteiger partial charge is 0.251 e. The summed E-state index contributed by atoms with van der Waals surface area (Å²) in [5.74, 6) is 0.499. The second-order valence-electron chi connectivity index (χ2n) is 8.09. The molecule has 3 aromatic rings. The van der Waals surface area contributed by atoms with Crippen LogP contribution in [0.2, 0.25) is 0 Å². The first-order chi connectivity index (χ1) is 15.4. The summed E-state index contributed by atoms with van der Waals surface area (Å²) in [7, 11) is 0.198. The van der Waals surface area contributed by atoms with Crippen molar-refractivity contribution >= 4 is 15.9 Å². The summed E-state index contributed by atoms with van der Waals surface area (Å²) in [6.45, 7) is 1.17. The molecule has 1 aliphatic heterocycles. The fourth-order valence-corrected chi connectivity index (χ4v) is 5.33. The van der Waals surface area contributed by atoms with Gasteiger partial charge in [0, 0.05) is 25.2 Å². The zero-order chi connectivity index (χ0) is 22.7. The van der Waals surface area contributed by atoms with Gasteiger partial charge in [-0.3, -0.25) is 9.69 Å². The number of rotatable bonds is 7. The van der Waals surface area contributed by atoms with Crippen molar-refractivity contribution in [3.8, 4) is 0 Å². The normalized spacial score (nSPS) is 15.3. The van der Waals surface area contributed by atoms with Crippen LogP contribution in [0.5, 0.6) is 0 Å². The molecule has 1 aliphatic rings. The zero-order valence-corrected chi connectivity index (χ0v) is 19.0. The van der Waals surface area contributed by atoms with Crippen LogP contribution in [0, 0.1) is 0 Å². The Labute approximate surface area is 188 Å². The van der Waals surface area contributed by atoms with Crippen LogP contribution in [0.3, 0.4) is 0 Å². The van der Waals surface area contributed by atoms with Gasteiger partial charge in [0.15, 0.2) is 0 Å². The fourth-order valence-electron chi connectivity index (χ4n) is 3.91. The number of nitrogens with zero attached hydrogens (tertiary/aromatic N) is 2. The Morgan fingerprint density at radius 2 is 1.78 bits per heavy atom. The monoisotopic (exact) mass is 453 g/mol. The van der Waals surface area contributed by atoms with Gasteiger partial charge in [0.25, 0.3) is 5.91 Å². The van der Waals surface area contributed by atoms with E-state index in [1.54, 1.807) is 18.4 Å². The maximum atomic E-state index is 13.1. The molecule has 32 heavy (non-hydrogen) atoms. The quantitative estimate of drug-likeness (QED) is 0.595. The van der Waals surface area contributed by atoms with Crippen LogP contribution in [-0.2, 0) is 23.0 Å². The Kier molecular flexibility index (Phi) is 6.45. The van der Waals surface area contributed by atoms with E-state index in [1.807, 2.05) is 55.4 Å². The molecule has 4 rings (SSSR count). The molecule has 1 unspecified atom stereocenters. The topological polar surface area (TPSA) is 82.9 Å². The summed E-state index contributed by atoms with van der Waals surface area (Å²) in [5, 5.41) is 2.90. The van der Waals surface area contributed by atoms with E-state index in [-0.39, 0.29) is 16.8 Å². The molecule has 0 aliphatic carbocycles. The molecule has 1 amide bonds. The van der Waals surface area contributed by atoms with E-state index in [4.69, 9.17) is 4.42 Å². The Morgan fingerprint density at radius 1 is 1.06 bits per heavy atom. The lowest BCUT2D eigenvalue weighted by atomic mass is 10.0. The van der Waals surface area contributed by atoms with Crippen molar-refractivity contribution in [1.82, 2.24) is 14.5 Å². The Balaban J connectivity index is 1.43. The highest BCUT2D eigenvalue weighted by atomic mass is 32.2. The lowest BCUT2D eigenvalue weighted by Gasteiger charge is -2.28. The molecule has 2 heterocycles. The second kappa shape index (κ2) is 9.28. The number of carbonyl (C=O) groups is 1. The van der Waals surface area contributed by atoms with E-state index in [9.17, 15) is 13.2 Å².